The van der Waals surface area contributed by atoms with Gasteiger partial charge in [-0.25, -0.2) is 9.97 Å². The number of anilines is 2. The zero-order chi connectivity index (χ0) is 15.3. The van der Waals surface area contributed by atoms with Gasteiger partial charge in [-0.2, -0.15) is 0 Å². The molecule has 1 aromatic heterocycles. The van der Waals surface area contributed by atoms with Crippen LogP contribution in [-0.2, 0) is 0 Å². The summed E-state index contributed by atoms with van der Waals surface area (Å²) in [5.74, 6) is 2.08. The zero-order valence-corrected chi connectivity index (χ0v) is 13.4. The molecule has 2 rings (SSSR count). The van der Waals surface area contributed by atoms with Crippen molar-refractivity contribution in [3.05, 3.63) is 11.9 Å². The Bertz CT molecular complexity index is 456. The average Bonchev–Trinajstić information content (AvgIpc) is 2.90. The van der Waals surface area contributed by atoms with Crippen LogP contribution >= 0.6 is 0 Å². The van der Waals surface area contributed by atoms with E-state index in [1.165, 1.54) is 0 Å². The molecular weight excluding hydrogens is 264 g/mol. The topological polar surface area (TPSA) is 70.1 Å². The lowest BCUT2D eigenvalue weighted by atomic mass is 10.0. The summed E-state index contributed by atoms with van der Waals surface area (Å²) in [5.41, 5.74) is 0.531. The van der Waals surface area contributed by atoms with E-state index in [-0.39, 0.29) is 0 Å². The molecule has 118 valence electrons. The molecule has 0 aromatic carbocycles. The average molecular weight is 292 g/mol. The number of nitrogens with zero attached hydrogens (tertiary/aromatic N) is 2. The fourth-order valence-electron chi connectivity index (χ4n) is 2.93. The summed E-state index contributed by atoms with van der Waals surface area (Å²) in [6.45, 7) is 7.89. The van der Waals surface area contributed by atoms with Gasteiger partial charge in [0.25, 0.3) is 0 Å². The van der Waals surface area contributed by atoms with E-state index in [1.807, 2.05) is 0 Å². The smallest absolute Gasteiger partial charge is 0.135 e. The van der Waals surface area contributed by atoms with Gasteiger partial charge in [0, 0.05) is 18.7 Å². The predicted molar refractivity (Wildman–Crippen MR) is 86.8 cm³/mol. The molecule has 0 unspecified atom stereocenters. The highest BCUT2D eigenvalue weighted by Gasteiger charge is 2.31. The van der Waals surface area contributed by atoms with Gasteiger partial charge in [0.1, 0.15) is 18.0 Å². The molecule has 1 heterocycles. The minimum atomic E-state index is -0.573. The monoisotopic (exact) mass is 292 g/mol. The third-order valence-corrected chi connectivity index (χ3v) is 4.12. The van der Waals surface area contributed by atoms with Crippen molar-refractivity contribution in [2.45, 2.75) is 64.4 Å². The molecule has 5 heteroatoms. The minimum Gasteiger partial charge on any atom is -0.388 e. The van der Waals surface area contributed by atoms with Crippen LogP contribution in [0.2, 0.25) is 0 Å². The Hall–Kier alpha value is -1.36. The van der Waals surface area contributed by atoms with E-state index >= 15 is 0 Å². The van der Waals surface area contributed by atoms with Crippen LogP contribution in [0.1, 0.15) is 64.4 Å². The Morgan fingerprint density at radius 2 is 1.81 bits per heavy atom. The third-order valence-electron chi connectivity index (χ3n) is 4.12. The quantitative estimate of drug-likeness (QED) is 0.720. The van der Waals surface area contributed by atoms with Crippen molar-refractivity contribution in [1.82, 2.24) is 9.97 Å². The highest BCUT2D eigenvalue weighted by atomic mass is 16.3. The van der Waals surface area contributed by atoms with Gasteiger partial charge in [-0.15, -0.1) is 0 Å². The summed E-state index contributed by atoms with van der Waals surface area (Å²) < 4.78 is 0. The summed E-state index contributed by atoms with van der Waals surface area (Å²) in [6, 6.07) is 0. The number of hydrogen-bond donors (Lipinski definition) is 3. The van der Waals surface area contributed by atoms with Gasteiger partial charge in [-0.05, 0) is 25.2 Å². The normalized spacial score (nSPS) is 17.2. The van der Waals surface area contributed by atoms with Crippen LogP contribution in [0.25, 0.3) is 0 Å². The predicted octanol–water partition coefficient (Wildman–Crippen LogP) is 3.14. The van der Waals surface area contributed by atoms with Gasteiger partial charge in [-0.3, -0.25) is 0 Å². The first-order valence-electron chi connectivity index (χ1n) is 8.11. The molecule has 0 saturated heterocycles. The highest BCUT2D eigenvalue weighted by molar-refractivity contribution is 5.59. The van der Waals surface area contributed by atoms with E-state index in [0.717, 1.165) is 55.8 Å². The summed E-state index contributed by atoms with van der Waals surface area (Å²) in [7, 11) is 0. The molecule has 1 saturated carbocycles. The lowest BCUT2D eigenvalue weighted by molar-refractivity contribution is 0.0613. The Kier molecular flexibility index (Phi) is 5.39. The molecule has 0 aliphatic heterocycles. The lowest BCUT2D eigenvalue weighted by Crippen LogP contribution is -2.34. The van der Waals surface area contributed by atoms with E-state index in [4.69, 9.17) is 0 Å². The van der Waals surface area contributed by atoms with Crippen LogP contribution in [0.5, 0.6) is 0 Å². The van der Waals surface area contributed by atoms with E-state index in [2.05, 4.69) is 41.4 Å². The maximum absolute atomic E-state index is 10.5. The number of nitrogens with one attached hydrogen (secondary N) is 2. The summed E-state index contributed by atoms with van der Waals surface area (Å²) in [5, 5.41) is 17.2. The number of aliphatic hydroxyl groups is 1. The second-order valence-electron chi connectivity index (χ2n) is 6.35. The Labute approximate surface area is 127 Å². The van der Waals surface area contributed by atoms with Gasteiger partial charge >= 0.3 is 0 Å². The van der Waals surface area contributed by atoms with Crippen molar-refractivity contribution in [1.29, 1.82) is 0 Å². The molecule has 0 bridgehead atoms. The Morgan fingerprint density at radius 3 is 2.38 bits per heavy atom. The molecule has 1 fully saturated rings. The van der Waals surface area contributed by atoms with Gasteiger partial charge < -0.3 is 15.7 Å². The van der Waals surface area contributed by atoms with E-state index in [1.54, 1.807) is 6.33 Å². The Morgan fingerprint density at radius 1 is 1.19 bits per heavy atom. The van der Waals surface area contributed by atoms with Crippen LogP contribution in [-0.4, -0.2) is 33.8 Å². The fourth-order valence-corrected chi connectivity index (χ4v) is 2.93. The molecule has 0 atom stereocenters. The largest absolute Gasteiger partial charge is 0.388 e. The van der Waals surface area contributed by atoms with Gasteiger partial charge in [-0.1, -0.05) is 33.6 Å². The number of hydrogen-bond acceptors (Lipinski definition) is 5. The molecule has 1 aromatic rings. The highest BCUT2D eigenvalue weighted by Crippen LogP contribution is 2.32. The molecule has 0 radical (unpaired) electrons. The van der Waals surface area contributed by atoms with Gasteiger partial charge in [0.2, 0.25) is 0 Å². The lowest BCUT2D eigenvalue weighted by Gasteiger charge is -2.24. The van der Waals surface area contributed by atoms with Crippen molar-refractivity contribution < 1.29 is 5.11 Å². The van der Waals surface area contributed by atoms with Crippen molar-refractivity contribution in [2.24, 2.45) is 0 Å². The van der Waals surface area contributed by atoms with Crippen LogP contribution in [0.15, 0.2) is 6.33 Å². The second kappa shape index (κ2) is 7.07. The first kappa shape index (κ1) is 16.0. The van der Waals surface area contributed by atoms with Crippen molar-refractivity contribution in [3.8, 4) is 0 Å². The minimum absolute atomic E-state index is 0.325. The molecular formula is C16H28N4O. The van der Waals surface area contributed by atoms with E-state index in [9.17, 15) is 5.11 Å². The maximum atomic E-state index is 10.5. The SMILES string of the molecule is CCCNc1ncnc(NCC2(O)CCCC2)c1C(C)C. The third kappa shape index (κ3) is 4.06. The van der Waals surface area contributed by atoms with Crippen molar-refractivity contribution in [2.75, 3.05) is 23.7 Å². The Balaban J connectivity index is 2.13. The number of rotatable bonds is 7. The van der Waals surface area contributed by atoms with Gasteiger partial charge in [0.15, 0.2) is 0 Å². The first-order chi connectivity index (χ1) is 10.1. The van der Waals surface area contributed by atoms with Crippen molar-refractivity contribution in [3.63, 3.8) is 0 Å². The second-order valence-corrected chi connectivity index (χ2v) is 6.35. The van der Waals surface area contributed by atoms with Crippen LogP contribution in [0.3, 0.4) is 0 Å². The molecule has 21 heavy (non-hydrogen) atoms. The molecule has 1 aliphatic rings. The summed E-state index contributed by atoms with van der Waals surface area (Å²) >= 11 is 0. The van der Waals surface area contributed by atoms with Crippen LogP contribution in [0, 0.1) is 0 Å². The molecule has 0 amide bonds. The summed E-state index contributed by atoms with van der Waals surface area (Å²) in [6.07, 6.45) is 6.63. The maximum Gasteiger partial charge on any atom is 0.135 e. The van der Waals surface area contributed by atoms with Crippen molar-refractivity contribution >= 4 is 11.6 Å². The fraction of sp³-hybridized carbons (Fsp3) is 0.750. The van der Waals surface area contributed by atoms with Crippen LogP contribution < -0.4 is 10.6 Å². The van der Waals surface area contributed by atoms with Gasteiger partial charge in [0.05, 0.1) is 5.60 Å². The van der Waals surface area contributed by atoms with E-state index < -0.39 is 5.60 Å². The zero-order valence-electron chi connectivity index (χ0n) is 13.4. The molecule has 5 nitrogen and oxygen atoms in total. The van der Waals surface area contributed by atoms with Crippen LogP contribution in [0.4, 0.5) is 11.6 Å². The molecule has 0 spiro atoms. The first-order valence-corrected chi connectivity index (χ1v) is 8.11. The van der Waals surface area contributed by atoms with E-state index in [0.29, 0.717) is 12.5 Å². The summed E-state index contributed by atoms with van der Waals surface area (Å²) in [4.78, 5) is 8.76. The standard InChI is InChI=1S/C16H28N4O/c1-4-9-17-14-13(12(2)3)15(20-11-19-14)18-10-16(21)7-5-6-8-16/h11-12,21H,4-10H2,1-3H3,(H2,17,18,19,20). The number of aromatic nitrogens is 2. The molecule has 1 aliphatic carbocycles. The molecule has 3 N–H and O–H groups in total.